The number of nitrogens with two attached hydrogens (primary N) is 1. The lowest BCUT2D eigenvalue weighted by Crippen LogP contribution is -2.15. The predicted molar refractivity (Wildman–Crippen MR) is 67.6 cm³/mol. The van der Waals surface area contributed by atoms with E-state index in [1.165, 1.54) is 0 Å². The van der Waals surface area contributed by atoms with Gasteiger partial charge in [0.2, 0.25) is 5.91 Å². The normalized spacial score (nSPS) is 10.1. The molecule has 6 heteroatoms. The van der Waals surface area contributed by atoms with Crippen molar-refractivity contribution < 1.29 is 14.7 Å². The fourth-order valence-corrected chi connectivity index (χ4v) is 1.70. The molecule has 0 saturated heterocycles. The fraction of sp³-hybridized carbons (Fsp3) is 0.417. The molecule has 0 fully saturated rings. The van der Waals surface area contributed by atoms with Crippen LogP contribution in [0.25, 0.3) is 0 Å². The number of carbonyl (C=O) groups excluding carboxylic acids is 1. The standard InChI is InChI=1S/C12H17N3O3/c1-7-6-8(2)15-11(10(7)12(17)18)14-5-3-4-9(13)16/h6H,3-5H2,1-2H3,(H2,13,16)(H,14,15)(H,17,18). The van der Waals surface area contributed by atoms with E-state index in [1.54, 1.807) is 19.9 Å². The molecule has 6 nitrogen and oxygen atoms in total. The molecule has 1 aromatic rings. The third-order valence-electron chi connectivity index (χ3n) is 2.45. The first-order valence-electron chi connectivity index (χ1n) is 5.65. The lowest BCUT2D eigenvalue weighted by atomic mass is 10.1. The number of nitrogens with one attached hydrogen (secondary N) is 1. The largest absolute Gasteiger partial charge is 0.478 e. The zero-order chi connectivity index (χ0) is 13.7. The highest BCUT2D eigenvalue weighted by atomic mass is 16.4. The molecule has 0 bridgehead atoms. The molecule has 1 heterocycles. The van der Waals surface area contributed by atoms with Crippen molar-refractivity contribution in [1.82, 2.24) is 4.98 Å². The minimum atomic E-state index is -1.02. The topological polar surface area (TPSA) is 105 Å². The molecule has 0 saturated carbocycles. The third-order valence-corrected chi connectivity index (χ3v) is 2.45. The second-order valence-electron chi connectivity index (χ2n) is 4.11. The molecule has 1 rings (SSSR count). The van der Waals surface area contributed by atoms with E-state index in [9.17, 15) is 9.59 Å². The number of hydrogen-bond donors (Lipinski definition) is 3. The molecule has 0 spiro atoms. The molecule has 18 heavy (non-hydrogen) atoms. The summed E-state index contributed by atoms with van der Waals surface area (Å²) in [4.78, 5) is 25.9. The van der Waals surface area contributed by atoms with Crippen LogP contribution in [0.15, 0.2) is 6.07 Å². The van der Waals surface area contributed by atoms with Crippen LogP contribution in [0.5, 0.6) is 0 Å². The summed E-state index contributed by atoms with van der Waals surface area (Å²) in [5, 5.41) is 12.1. The summed E-state index contributed by atoms with van der Waals surface area (Å²) in [6.07, 6.45) is 0.809. The SMILES string of the molecule is Cc1cc(C)c(C(=O)O)c(NCCCC(N)=O)n1. The molecule has 0 atom stereocenters. The van der Waals surface area contributed by atoms with E-state index < -0.39 is 5.97 Å². The number of primary amides is 1. The molecule has 4 N–H and O–H groups in total. The van der Waals surface area contributed by atoms with E-state index in [0.717, 1.165) is 5.69 Å². The van der Waals surface area contributed by atoms with Crippen molar-refractivity contribution in [3.63, 3.8) is 0 Å². The summed E-state index contributed by atoms with van der Waals surface area (Å²) < 4.78 is 0. The van der Waals surface area contributed by atoms with Crippen LogP contribution >= 0.6 is 0 Å². The van der Waals surface area contributed by atoms with Gasteiger partial charge in [0, 0.05) is 18.7 Å². The van der Waals surface area contributed by atoms with Crippen molar-refractivity contribution in [3.8, 4) is 0 Å². The molecular formula is C12H17N3O3. The van der Waals surface area contributed by atoms with Gasteiger partial charge in [-0.05, 0) is 31.9 Å². The number of carboxylic acid groups (broad SMARTS) is 1. The van der Waals surface area contributed by atoms with E-state index in [4.69, 9.17) is 10.8 Å². The number of pyridine rings is 1. The van der Waals surface area contributed by atoms with Gasteiger partial charge >= 0.3 is 5.97 Å². The summed E-state index contributed by atoms with van der Waals surface area (Å²) in [5.41, 5.74) is 6.59. The van der Waals surface area contributed by atoms with Gasteiger partial charge in [-0.1, -0.05) is 0 Å². The highest BCUT2D eigenvalue weighted by Crippen LogP contribution is 2.18. The predicted octanol–water partition coefficient (Wildman–Crippen LogP) is 1.07. The van der Waals surface area contributed by atoms with Crippen LogP contribution in [0, 0.1) is 13.8 Å². The lowest BCUT2D eigenvalue weighted by Gasteiger charge is -2.11. The summed E-state index contributed by atoms with van der Waals surface area (Å²) in [6.45, 7) is 3.99. The lowest BCUT2D eigenvalue weighted by molar-refractivity contribution is -0.118. The van der Waals surface area contributed by atoms with Gasteiger partial charge in [-0.15, -0.1) is 0 Å². The quantitative estimate of drug-likeness (QED) is 0.656. The Morgan fingerprint density at radius 3 is 2.67 bits per heavy atom. The maximum atomic E-state index is 11.1. The molecule has 1 aromatic heterocycles. The number of aryl methyl sites for hydroxylation is 2. The molecule has 98 valence electrons. The number of aromatic carboxylic acids is 1. The molecule has 1 amide bonds. The van der Waals surface area contributed by atoms with Crippen molar-refractivity contribution in [2.75, 3.05) is 11.9 Å². The van der Waals surface area contributed by atoms with Crippen molar-refractivity contribution in [3.05, 3.63) is 22.9 Å². The van der Waals surface area contributed by atoms with Crippen LogP contribution in [0.2, 0.25) is 0 Å². The highest BCUT2D eigenvalue weighted by Gasteiger charge is 2.15. The summed E-state index contributed by atoms with van der Waals surface area (Å²) >= 11 is 0. The molecule has 0 radical (unpaired) electrons. The summed E-state index contributed by atoms with van der Waals surface area (Å²) in [5.74, 6) is -1.05. The van der Waals surface area contributed by atoms with Crippen LogP contribution in [0.3, 0.4) is 0 Å². The Hall–Kier alpha value is -2.11. The average molecular weight is 251 g/mol. The Bertz CT molecular complexity index is 472. The van der Waals surface area contributed by atoms with Crippen molar-refractivity contribution in [2.24, 2.45) is 5.73 Å². The van der Waals surface area contributed by atoms with Gasteiger partial charge in [0.25, 0.3) is 0 Å². The maximum Gasteiger partial charge on any atom is 0.339 e. The Labute approximate surface area is 105 Å². The number of anilines is 1. The monoisotopic (exact) mass is 251 g/mol. The number of aromatic nitrogens is 1. The maximum absolute atomic E-state index is 11.1. The molecule has 0 aliphatic rings. The fourth-order valence-electron chi connectivity index (χ4n) is 1.70. The van der Waals surface area contributed by atoms with E-state index in [2.05, 4.69) is 10.3 Å². The second kappa shape index (κ2) is 6.00. The highest BCUT2D eigenvalue weighted by molar-refractivity contribution is 5.94. The minimum absolute atomic E-state index is 0.166. The number of amides is 1. The van der Waals surface area contributed by atoms with E-state index >= 15 is 0 Å². The minimum Gasteiger partial charge on any atom is -0.478 e. The summed E-state index contributed by atoms with van der Waals surface area (Å²) in [6, 6.07) is 1.72. The Kier molecular flexibility index (Phi) is 4.65. The summed E-state index contributed by atoms with van der Waals surface area (Å²) in [7, 11) is 0. The number of carboxylic acids is 1. The van der Waals surface area contributed by atoms with Crippen LogP contribution in [0.1, 0.15) is 34.5 Å². The molecular weight excluding hydrogens is 234 g/mol. The molecule has 0 aliphatic heterocycles. The van der Waals surface area contributed by atoms with Crippen LogP contribution < -0.4 is 11.1 Å². The van der Waals surface area contributed by atoms with Crippen LogP contribution in [-0.2, 0) is 4.79 Å². The van der Waals surface area contributed by atoms with Gasteiger partial charge in [-0.25, -0.2) is 9.78 Å². The molecule has 0 aliphatic carbocycles. The van der Waals surface area contributed by atoms with Crippen molar-refractivity contribution >= 4 is 17.7 Å². The van der Waals surface area contributed by atoms with Crippen molar-refractivity contribution in [2.45, 2.75) is 26.7 Å². The Morgan fingerprint density at radius 1 is 1.44 bits per heavy atom. The molecule has 0 aromatic carbocycles. The van der Waals surface area contributed by atoms with E-state index in [-0.39, 0.29) is 17.9 Å². The van der Waals surface area contributed by atoms with Crippen LogP contribution in [-0.4, -0.2) is 28.5 Å². The zero-order valence-corrected chi connectivity index (χ0v) is 10.5. The van der Waals surface area contributed by atoms with Gasteiger partial charge in [0.1, 0.15) is 11.4 Å². The second-order valence-corrected chi connectivity index (χ2v) is 4.11. The van der Waals surface area contributed by atoms with Gasteiger partial charge in [0.15, 0.2) is 0 Å². The first kappa shape index (κ1) is 14.0. The number of nitrogens with zero attached hydrogens (tertiary/aromatic N) is 1. The van der Waals surface area contributed by atoms with Crippen molar-refractivity contribution in [1.29, 1.82) is 0 Å². The van der Waals surface area contributed by atoms with Gasteiger partial charge < -0.3 is 16.2 Å². The molecule has 0 unspecified atom stereocenters. The number of rotatable bonds is 6. The smallest absolute Gasteiger partial charge is 0.339 e. The average Bonchev–Trinajstić information content (AvgIpc) is 2.22. The van der Waals surface area contributed by atoms with Gasteiger partial charge in [0.05, 0.1) is 0 Å². The van der Waals surface area contributed by atoms with E-state index in [0.29, 0.717) is 24.3 Å². The zero-order valence-electron chi connectivity index (χ0n) is 10.5. The Morgan fingerprint density at radius 2 is 2.11 bits per heavy atom. The van der Waals surface area contributed by atoms with Gasteiger partial charge in [-0.2, -0.15) is 0 Å². The Balaban J connectivity index is 2.80. The first-order chi connectivity index (χ1) is 8.41. The third kappa shape index (κ3) is 3.73. The number of carbonyl (C=O) groups is 2. The van der Waals surface area contributed by atoms with E-state index in [1.807, 2.05) is 0 Å². The first-order valence-corrected chi connectivity index (χ1v) is 5.65. The van der Waals surface area contributed by atoms with Gasteiger partial charge in [-0.3, -0.25) is 4.79 Å². The van der Waals surface area contributed by atoms with Crippen LogP contribution in [0.4, 0.5) is 5.82 Å². The number of hydrogen-bond acceptors (Lipinski definition) is 4.